The maximum Gasteiger partial charge on any atom is 0.335 e. The van der Waals surface area contributed by atoms with E-state index >= 15 is 0 Å². The Morgan fingerprint density at radius 2 is 1.43 bits per heavy atom. The first-order chi connectivity index (χ1) is 12.6. The van der Waals surface area contributed by atoms with Gasteiger partial charge in [-0.05, 0) is 47.6 Å². The topological polar surface area (TPSA) is 73.9 Å². The van der Waals surface area contributed by atoms with Crippen LogP contribution in [0.5, 0.6) is 0 Å². The molecule has 0 bridgehead atoms. The fraction of sp³-hybridized carbons (Fsp3) is 0.700. The van der Waals surface area contributed by atoms with Crippen LogP contribution in [0.4, 0.5) is 5.69 Å². The smallest absolute Gasteiger partial charge is 0.315 e. The zero-order chi connectivity index (χ0) is 21.4. The van der Waals surface area contributed by atoms with Gasteiger partial charge in [0, 0.05) is 16.7 Å². The van der Waals surface area contributed by atoms with E-state index in [9.17, 15) is 9.13 Å². The van der Waals surface area contributed by atoms with Crippen molar-refractivity contribution in [2.45, 2.75) is 72.3 Å². The Balaban J connectivity index is 0.000000203. The van der Waals surface area contributed by atoms with Crippen molar-refractivity contribution in [2.24, 2.45) is 5.41 Å². The van der Waals surface area contributed by atoms with Gasteiger partial charge < -0.3 is 18.7 Å². The first-order valence-corrected chi connectivity index (χ1v) is 12.8. The van der Waals surface area contributed by atoms with Gasteiger partial charge in [0.2, 0.25) is 0 Å². The van der Waals surface area contributed by atoms with Crippen LogP contribution in [-0.4, -0.2) is 23.5 Å². The van der Waals surface area contributed by atoms with Gasteiger partial charge in [0.1, 0.15) is 0 Å². The van der Waals surface area contributed by atoms with E-state index in [4.69, 9.17) is 13.6 Å². The highest BCUT2D eigenvalue weighted by Crippen LogP contribution is 2.63. The standard InChI is InChI=1S/C11H16NO2P.C9H19O3P/c1-11(2,3)15(13)12-10-7-5-4-6-9(10)8-14-15;1-8(2,3)13(10)11-6-9(4,5)7-12-13/h4-7H,8H2,1-3H3,(H,12,13);6-7H2,1-5H3. The Morgan fingerprint density at radius 3 is 1.93 bits per heavy atom. The van der Waals surface area contributed by atoms with Crippen molar-refractivity contribution in [3.8, 4) is 0 Å². The second-order valence-corrected chi connectivity index (χ2v) is 15.9. The molecule has 2 aliphatic heterocycles. The fourth-order valence-electron chi connectivity index (χ4n) is 2.45. The summed E-state index contributed by atoms with van der Waals surface area (Å²) >= 11 is 0. The largest absolute Gasteiger partial charge is 0.335 e. The normalized spacial score (nSPS) is 26.3. The molecule has 1 N–H and O–H groups in total. The van der Waals surface area contributed by atoms with E-state index in [0.717, 1.165) is 11.3 Å². The summed E-state index contributed by atoms with van der Waals surface area (Å²) in [5.74, 6) is 0. The first-order valence-electron chi connectivity index (χ1n) is 9.59. The number of anilines is 1. The van der Waals surface area contributed by atoms with E-state index < -0.39 is 20.3 Å². The molecule has 160 valence electrons. The van der Waals surface area contributed by atoms with Crippen LogP contribution in [0.1, 0.15) is 61.0 Å². The number of nitrogens with one attached hydrogen (secondary N) is 1. The predicted octanol–water partition coefficient (Wildman–Crippen LogP) is 6.67. The zero-order valence-corrected chi connectivity index (χ0v) is 20.2. The van der Waals surface area contributed by atoms with Gasteiger partial charge in [-0.25, -0.2) is 0 Å². The average molecular weight is 431 g/mol. The van der Waals surface area contributed by atoms with Crippen LogP contribution in [-0.2, 0) is 29.3 Å². The molecule has 0 amide bonds. The molecule has 1 saturated heterocycles. The van der Waals surface area contributed by atoms with Gasteiger partial charge >= 0.3 is 7.60 Å². The molecule has 0 saturated carbocycles. The van der Waals surface area contributed by atoms with Crippen molar-refractivity contribution in [1.82, 2.24) is 0 Å². The van der Waals surface area contributed by atoms with Crippen LogP contribution < -0.4 is 5.09 Å². The van der Waals surface area contributed by atoms with E-state index in [0.29, 0.717) is 19.8 Å². The SMILES string of the molecule is CC(C)(C)P1(=O)Nc2ccccc2CO1.CC1(C)COP(=O)(C(C)(C)C)OC1. The van der Waals surface area contributed by atoms with Crippen molar-refractivity contribution >= 4 is 20.8 Å². The molecule has 8 heteroatoms. The van der Waals surface area contributed by atoms with E-state index in [-0.39, 0.29) is 10.6 Å². The molecule has 1 aromatic carbocycles. The summed E-state index contributed by atoms with van der Waals surface area (Å²) in [6.45, 7) is 17.0. The lowest BCUT2D eigenvalue weighted by Crippen LogP contribution is -2.34. The number of para-hydroxylation sites is 1. The predicted molar refractivity (Wildman–Crippen MR) is 115 cm³/mol. The van der Waals surface area contributed by atoms with Gasteiger partial charge in [-0.1, -0.05) is 32.0 Å². The minimum absolute atomic E-state index is 0.0147. The van der Waals surface area contributed by atoms with Crippen molar-refractivity contribution in [3.63, 3.8) is 0 Å². The van der Waals surface area contributed by atoms with Gasteiger partial charge in [-0.15, -0.1) is 0 Å². The van der Waals surface area contributed by atoms with Crippen LogP contribution in [0, 0.1) is 5.41 Å². The van der Waals surface area contributed by atoms with Crippen LogP contribution in [0.3, 0.4) is 0 Å². The number of hydrogen-bond donors (Lipinski definition) is 1. The molecule has 2 heterocycles. The monoisotopic (exact) mass is 431 g/mol. The second kappa shape index (κ2) is 7.89. The highest BCUT2D eigenvalue weighted by molar-refractivity contribution is 7.62. The molecule has 0 radical (unpaired) electrons. The van der Waals surface area contributed by atoms with Crippen LogP contribution in [0.25, 0.3) is 0 Å². The summed E-state index contributed by atoms with van der Waals surface area (Å²) in [7, 11) is -5.66. The highest BCUT2D eigenvalue weighted by atomic mass is 31.2. The molecule has 0 aromatic heterocycles. The molecule has 0 aliphatic carbocycles. The highest BCUT2D eigenvalue weighted by Gasteiger charge is 2.45. The Labute approximate surface area is 169 Å². The molecule has 3 rings (SSSR count). The lowest BCUT2D eigenvalue weighted by atomic mass is 9.97. The van der Waals surface area contributed by atoms with Crippen LogP contribution >= 0.6 is 15.1 Å². The molecular formula is C20H35NO5P2. The fourth-order valence-corrected chi connectivity index (χ4v) is 5.99. The molecule has 28 heavy (non-hydrogen) atoms. The minimum Gasteiger partial charge on any atom is -0.315 e. The van der Waals surface area contributed by atoms with Crippen molar-refractivity contribution in [2.75, 3.05) is 18.3 Å². The minimum atomic E-state index is -2.88. The third-order valence-electron chi connectivity index (χ3n) is 4.64. The van der Waals surface area contributed by atoms with Crippen molar-refractivity contribution in [1.29, 1.82) is 0 Å². The molecule has 6 nitrogen and oxygen atoms in total. The molecule has 1 unspecified atom stereocenters. The van der Waals surface area contributed by atoms with Gasteiger partial charge in [0.15, 0.2) is 0 Å². The van der Waals surface area contributed by atoms with Crippen LogP contribution in [0.15, 0.2) is 24.3 Å². The Kier molecular flexibility index (Phi) is 6.66. The van der Waals surface area contributed by atoms with E-state index in [1.165, 1.54) is 0 Å². The molecule has 0 spiro atoms. The second-order valence-electron chi connectivity index (χ2n) is 10.1. The summed E-state index contributed by atoms with van der Waals surface area (Å²) in [4.78, 5) is 0. The number of rotatable bonds is 0. The number of hydrogen-bond acceptors (Lipinski definition) is 5. The molecule has 1 atom stereocenters. The average Bonchev–Trinajstić information content (AvgIpc) is 2.56. The third kappa shape index (κ3) is 5.29. The van der Waals surface area contributed by atoms with Crippen molar-refractivity contribution < 1.29 is 22.7 Å². The van der Waals surface area contributed by atoms with Gasteiger partial charge in [-0.3, -0.25) is 9.13 Å². The Bertz CT molecular complexity index is 779. The summed E-state index contributed by atoms with van der Waals surface area (Å²) in [6.07, 6.45) is 0. The maximum atomic E-state index is 12.5. The van der Waals surface area contributed by atoms with Gasteiger partial charge in [0.05, 0.1) is 30.1 Å². The quantitative estimate of drug-likeness (QED) is 0.462. The summed E-state index contributed by atoms with van der Waals surface area (Å²) in [5.41, 5.74) is 1.98. The van der Waals surface area contributed by atoms with E-state index in [2.05, 4.69) is 5.09 Å². The lowest BCUT2D eigenvalue weighted by Gasteiger charge is -2.39. The molecule has 1 aromatic rings. The first kappa shape index (κ1) is 23.6. The number of fused-ring (bicyclic) bond motifs is 1. The summed E-state index contributed by atoms with van der Waals surface area (Å²) in [6, 6.07) is 7.81. The molecular weight excluding hydrogens is 396 g/mol. The Morgan fingerprint density at radius 1 is 0.893 bits per heavy atom. The summed E-state index contributed by atoms with van der Waals surface area (Å²) in [5, 5.41) is 2.26. The summed E-state index contributed by atoms with van der Waals surface area (Å²) < 4.78 is 40.8. The van der Waals surface area contributed by atoms with Crippen LogP contribution in [0.2, 0.25) is 0 Å². The molecule has 1 fully saturated rings. The van der Waals surface area contributed by atoms with E-state index in [1.807, 2.05) is 79.7 Å². The number of benzene rings is 1. The third-order valence-corrected chi connectivity index (χ3v) is 10.0. The van der Waals surface area contributed by atoms with Crippen molar-refractivity contribution in [3.05, 3.63) is 29.8 Å². The Hall–Kier alpha value is -0.640. The molecule has 2 aliphatic rings. The zero-order valence-electron chi connectivity index (χ0n) is 18.4. The van der Waals surface area contributed by atoms with Gasteiger partial charge in [-0.2, -0.15) is 0 Å². The van der Waals surface area contributed by atoms with Gasteiger partial charge in [0.25, 0.3) is 7.52 Å². The lowest BCUT2D eigenvalue weighted by molar-refractivity contribution is 0.0346. The maximum absolute atomic E-state index is 12.5. The van der Waals surface area contributed by atoms with E-state index in [1.54, 1.807) is 0 Å².